The fraction of sp³-hybridized carbons (Fsp3) is 0.438. The quantitative estimate of drug-likeness (QED) is 0.753. The lowest BCUT2D eigenvalue weighted by Crippen LogP contribution is -2.40. The highest BCUT2D eigenvalue weighted by atomic mass is 35.5. The van der Waals surface area contributed by atoms with Gasteiger partial charge in [0.1, 0.15) is 6.54 Å². The van der Waals surface area contributed by atoms with Crippen molar-refractivity contribution in [3.63, 3.8) is 0 Å². The number of carbonyl (C=O) groups is 2. The smallest absolute Gasteiger partial charge is 0.409 e. The second-order valence-electron chi connectivity index (χ2n) is 5.60. The maximum Gasteiger partial charge on any atom is 0.409 e. The highest BCUT2D eigenvalue weighted by Crippen LogP contribution is 2.32. The largest absolute Gasteiger partial charge is 0.425 e. The maximum absolute atomic E-state index is 12.9. The Bertz CT molecular complexity index is 837. The van der Waals surface area contributed by atoms with Crippen molar-refractivity contribution < 1.29 is 22.7 Å². The third-order valence-corrected chi connectivity index (χ3v) is 6.60. The van der Waals surface area contributed by atoms with Gasteiger partial charge in [0.05, 0.1) is 21.2 Å². The third-order valence-electron chi connectivity index (χ3n) is 3.97. The second kappa shape index (κ2) is 8.38. The molecule has 0 aromatic heterocycles. The summed E-state index contributed by atoms with van der Waals surface area (Å²) in [6.07, 6.45) is -1.85. The van der Waals surface area contributed by atoms with Crippen LogP contribution in [0, 0.1) is 11.3 Å². The van der Waals surface area contributed by atoms with Crippen LogP contribution in [-0.2, 0) is 19.4 Å². The summed E-state index contributed by atoms with van der Waals surface area (Å²) in [4.78, 5) is 25.0. The molecule has 0 radical (unpaired) electrons. The molecule has 1 fully saturated rings. The van der Waals surface area contributed by atoms with Crippen molar-refractivity contribution in [2.24, 2.45) is 0 Å². The zero-order chi connectivity index (χ0) is 19.3. The molecule has 2 amide bonds. The van der Waals surface area contributed by atoms with E-state index < -0.39 is 27.4 Å². The Kier molecular flexibility index (Phi) is 6.45. The number of hydrogen-bond donors (Lipinski definition) is 1. The number of hydrogen-bond acceptors (Lipinski definition) is 6. The number of alkyl carbamates (subject to hydrolysis) is 1. The van der Waals surface area contributed by atoms with Gasteiger partial charge in [0.2, 0.25) is 5.91 Å². The van der Waals surface area contributed by atoms with Crippen LogP contribution in [0.3, 0.4) is 0 Å². The number of rotatable bonds is 5. The van der Waals surface area contributed by atoms with E-state index in [2.05, 4.69) is 5.32 Å². The standard InChI is InChI=1S/C16H18ClN3O5S/c1-2-14(21)20-10-11(9-15(20)25-16(22)19-8-7-18)26(23,24)13-6-4-3-5-12(13)17/h3-6,11,15H,2,8-10H2,1H3,(H,19,22)/t11-,15+/m1/s1. The van der Waals surface area contributed by atoms with E-state index in [1.807, 2.05) is 0 Å². The summed E-state index contributed by atoms with van der Waals surface area (Å²) in [5, 5.41) is 9.82. The minimum Gasteiger partial charge on any atom is -0.425 e. The molecule has 140 valence electrons. The van der Waals surface area contributed by atoms with Crippen molar-refractivity contribution in [2.45, 2.75) is 36.1 Å². The number of benzene rings is 1. The summed E-state index contributed by atoms with van der Waals surface area (Å²) in [6.45, 7) is 1.27. The molecule has 1 aliphatic rings. The van der Waals surface area contributed by atoms with Gasteiger partial charge in [-0.05, 0) is 12.1 Å². The minimum atomic E-state index is -3.82. The number of ether oxygens (including phenoxy) is 1. The first kappa shape index (κ1) is 20.0. The Hall–Kier alpha value is -2.31. The molecule has 8 nitrogen and oxygen atoms in total. The highest BCUT2D eigenvalue weighted by Gasteiger charge is 2.44. The Morgan fingerprint density at radius 3 is 2.73 bits per heavy atom. The van der Waals surface area contributed by atoms with Crippen LogP contribution in [0.1, 0.15) is 19.8 Å². The number of likely N-dealkylation sites (tertiary alicyclic amines) is 1. The summed E-state index contributed by atoms with van der Waals surface area (Å²) in [6, 6.07) is 7.78. The number of amides is 2. The van der Waals surface area contributed by atoms with Crippen LogP contribution in [0.4, 0.5) is 4.79 Å². The van der Waals surface area contributed by atoms with Crippen LogP contribution in [0.15, 0.2) is 29.2 Å². The Morgan fingerprint density at radius 2 is 2.12 bits per heavy atom. The maximum atomic E-state index is 12.9. The molecule has 2 rings (SSSR count). The van der Waals surface area contributed by atoms with Crippen LogP contribution < -0.4 is 5.32 Å². The highest BCUT2D eigenvalue weighted by molar-refractivity contribution is 7.92. The SMILES string of the molecule is CCC(=O)N1C[C@H](S(=O)(=O)c2ccccc2Cl)C[C@@H]1OC(=O)NCC#N. The molecule has 0 saturated carbocycles. The van der Waals surface area contributed by atoms with Crippen molar-refractivity contribution >= 4 is 33.4 Å². The fourth-order valence-corrected chi connectivity index (χ4v) is 4.90. The molecule has 1 aliphatic heterocycles. The van der Waals surface area contributed by atoms with Crippen molar-refractivity contribution in [3.8, 4) is 6.07 Å². The van der Waals surface area contributed by atoms with Crippen LogP contribution in [-0.4, -0.2) is 49.9 Å². The van der Waals surface area contributed by atoms with Gasteiger partial charge in [-0.1, -0.05) is 30.7 Å². The molecule has 1 heterocycles. The summed E-state index contributed by atoms with van der Waals surface area (Å²) in [5.74, 6) is -0.333. The Morgan fingerprint density at radius 1 is 1.42 bits per heavy atom. The predicted molar refractivity (Wildman–Crippen MR) is 92.9 cm³/mol. The van der Waals surface area contributed by atoms with Gasteiger partial charge in [-0.3, -0.25) is 4.79 Å². The van der Waals surface area contributed by atoms with Crippen LogP contribution in [0.25, 0.3) is 0 Å². The normalized spacial score (nSPS) is 19.7. The number of nitrogens with zero attached hydrogens (tertiary/aromatic N) is 2. The molecule has 26 heavy (non-hydrogen) atoms. The van der Waals surface area contributed by atoms with Gasteiger partial charge in [0, 0.05) is 19.4 Å². The molecule has 0 unspecified atom stereocenters. The predicted octanol–water partition coefficient (Wildman–Crippen LogP) is 1.70. The van der Waals surface area contributed by atoms with E-state index in [-0.39, 0.29) is 41.8 Å². The average Bonchev–Trinajstić information content (AvgIpc) is 3.04. The van der Waals surface area contributed by atoms with Gasteiger partial charge < -0.3 is 15.0 Å². The molecule has 2 atom stereocenters. The number of carbonyl (C=O) groups excluding carboxylic acids is 2. The van der Waals surface area contributed by atoms with E-state index in [1.54, 1.807) is 25.1 Å². The molecule has 0 aliphatic carbocycles. The van der Waals surface area contributed by atoms with Gasteiger partial charge in [0.25, 0.3) is 0 Å². The number of halogens is 1. The zero-order valence-electron chi connectivity index (χ0n) is 14.0. The van der Waals surface area contributed by atoms with E-state index in [0.29, 0.717) is 0 Å². The zero-order valence-corrected chi connectivity index (χ0v) is 15.6. The molecule has 0 bridgehead atoms. The lowest BCUT2D eigenvalue weighted by molar-refractivity contribution is -0.137. The van der Waals surface area contributed by atoms with Crippen LogP contribution in [0.5, 0.6) is 0 Å². The van der Waals surface area contributed by atoms with Crippen molar-refractivity contribution in [2.75, 3.05) is 13.1 Å². The van der Waals surface area contributed by atoms with Gasteiger partial charge in [-0.25, -0.2) is 13.2 Å². The molecule has 1 N–H and O–H groups in total. The van der Waals surface area contributed by atoms with Crippen LogP contribution >= 0.6 is 11.6 Å². The monoisotopic (exact) mass is 399 g/mol. The fourth-order valence-electron chi connectivity index (χ4n) is 2.70. The summed E-state index contributed by atoms with van der Waals surface area (Å²) >= 11 is 6.01. The first-order chi connectivity index (χ1) is 12.3. The molecular weight excluding hydrogens is 382 g/mol. The molecular formula is C16H18ClN3O5S. The Balaban J connectivity index is 2.24. The van der Waals surface area contributed by atoms with E-state index in [9.17, 15) is 18.0 Å². The lowest BCUT2D eigenvalue weighted by atomic mass is 10.3. The van der Waals surface area contributed by atoms with E-state index >= 15 is 0 Å². The van der Waals surface area contributed by atoms with Gasteiger partial charge >= 0.3 is 6.09 Å². The van der Waals surface area contributed by atoms with Gasteiger partial charge in [-0.2, -0.15) is 5.26 Å². The number of nitriles is 1. The molecule has 1 aromatic carbocycles. The van der Waals surface area contributed by atoms with E-state index in [0.717, 1.165) is 0 Å². The minimum absolute atomic E-state index is 0.0230. The van der Waals surface area contributed by atoms with Crippen molar-refractivity contribution in [3.05, 3.63) is 29.3 Å². The van der Waals surface area contributed by atoms with Crippen molar-refractivity contribution in [1.82, 2.24) is 10.2 Å². The van der Waals surface area contributed by atoms with Crippen LogP contribution in [0.2, 0.25) is 5.02 Å². The van der Waals surface area contributed by atoms with E-state index in [4.69, 9.17) is 21.6 Å². The summed E-state index contributed by atoms with van der Waals surface area (Å²) < 4.78 is 30.9. The molecule has 1 saturated heterocycles. The Labute approximate surface area is 156 Å². The van der Waals surface area contributed by atoms with Gasteiger partial charge in [0.15, 0.2) is 16.1 Å². The van der Waals surface area contributed by atoms with Crippen molar-refractivity contribution in [1.29, 1.82) is 5.26 Å². The molecule has 1 aromatic rings. The topological polar surface area (TPSA) is 117 Å². The summed E-state index contributed by atoms with van der Waals surface area (Å²) in [5.41, 5.74) is 0. The molecule has 10 heteroatoms. The average molecular weight is 400 g/mol. The number of sulfone groups is 1. The first-order valence-electron chi connectivity index (χ1n) is 7.90. The second-order valence-corrected chi connectivity index (χ2v) is 8.21. The third kappa shape index (κ3) is 4.26. The summed E-state index contributed by atoms with van der Waals surface area (Å²) in [7, 11) is -3.82. The lowest BCUT2D eigenvalue weighted by Gasteiger charge is -2.23. The van der Waals surface area contributed by atoms with Gasteiger partial charge in [-0.15, -0.1) is 0 Å². The first-order valence-corrected chi connectivity index (χ1v) is 9.83. The van der Waals surface area contributed by atoms with E-state index in [1.165, 1.54) is 17.0 Å². The number of nitrogens with one attached hydrogen (secondary N) is 1. The molecule has 0 spiro atoms.